The molecular weight excluding hydrogens is 504 g/mol. The number of thiazole rings is 1. The molecule has 0 spiro atoms. The number of morpholine rings is 1. The molecule has 0 atom stereocenters. The predicted molar refractivity (Wildman–Crippen MR) is 148 cm³/mol. The van der Waals surface area contributed by atoms with Gasteiger partial charge in [-0.15, -0.1) is 11.3 Å². The van der Waals surface area contributed by atoms with Crippen LogP contribution < -0.4 is 15.6 Å². The molecule has 2 aliphatic rings. The first-order valence-corrected chi connectivity index (χ1v) is 13.8. The third-order valence-corrected chi connectivity index (χ3v) is 8.51. The lowest BCUT2D eigenvalue weighted by molar-refractivity contribution is -0.129. The number of fused-ring (bicyclic) bond motifs is 5. The topological polar surface area (TPSA) is 99.5 Å². The van der Waals surface area contributed by atoms with Crippen LogP contribution in [0.2, 0.25) is 0 Å². The molecule has 2 aliphatic heterocycles. The smallest absolute Gasteiger partial charge is 0.258 e. The zero-order valence-electron chi connectivity index (χ0n) is 21.3. The van der Waals surface area contributed by atoms with Gasteiger partial charge in [0.25, 0.3) is 5.91 Å². The van der Waals surface area contributed by atoms with E-state index in [9.17, 15) is 14.4 Å². The van der Waals surface area contributed by atoms with Crippen LogP contribution in [0.5, 0.6) is 0 Å². The van der Waals surface area contributed by atoms with Crippen molar-refractivity contribution in [1.29, 1.82) is 0 Å². The molecular formula is C27H30N6O4S. The van der Waals surface area contributed by atoms with E-state index in [-0.39, 0.29) is 22.8 Å². The van der Waals surface area contributed by atoms with Crippen LogP contribution >= 0.6 is 11.3 Å². The number of aromatic nitrogens is 2. The fourth-order valence-corrected chi connectivity index (χ4v) is 6.43. The van der Waals surface area contributed by atoms with Crippen molar-refractivity contribution in [2.45, 2.75) is 6.92 Å². The van der Waals surface area contributed by atoms with E-state index in [4.69, 9.17) is 9.72 Å². The molecule has 10 nitrogen and oxygen atoms in total. The van der Waals surface area contributed by atoms with Gasteiger partial charge in [0.1, 0.15) is 16.2 Å². The van der Waals surface area contributed by atoms with Crippen LogP contribution in [0.3, 0.4) is 0 Å². The van der Waals surface area contributed by atoms with Gasteiger partial charge < -0.3 is 19.9 Å². The van der Waals surface area contributed by atoms with Crippen LogP contribution in [-0.2, 0) is 9.53 Å². The second kappa shape index (κ2) is 10.3. The second-order valence-electron chi connectivity index (χ2n) is 9.66. The molecule has 2 amide bonds. The highest BCUT2D eigenvalue weighted by atomic mass is 32.1. The van der Waals surface area contributed by atoms with Gasteiger partial charge in [0.05, 0.1) is 28.8 Å². The summed E-state index contributed by atoms with van der Waals surface area (Å²) in [6.07, 6.45) is 0. The third kappa shape index (κ3) is 4.50. The monoisotopic (exact) mass is 534 g/mol. The number of hydrogen-bond donors (Lipinski definition) is 1. The van der Waals surface area contributed by atoms with Crippen LogP contribution in [0.15, 0.2) is 41.2 Å². The molecule has 2 saturated heterocycles. The summed E-state index contributed by atoms with van der Waals surface area (Å²) < 4.78 is 8.32. The predicted octanol–water partition coefficient (Wildman–Crippen LogP) is 1.79. The molecule has 5 heterocycles. The van der Waals surface area contributed by atoms with Crippen molar-refractivity contribution in [3.05, 3.63) is 52.2 Å². The summed E-state index contributed by atoms with van der Waals surface area (Å²) in [7, 11) is 0. The molecule has 0 radical (unpaired) electrons. The van der Waals surface area contributed by atoms with Crippen LogP contribution in [-0.4, -0.2) is 96.6 Å². The average Bonchev–Trinajstić information content (AvgIpc) is 3.33. The normalized spacial score (nSPS) is 17.0. The van der Waals surface area contributed by atoms with E-state index in [1.165, 1.54) is 11.3 Å². The van der Waals surface area contributed by atoms with Gasteiger partial charge in [0.2, 0.25) is 11.3 Å². The number of carbonyl (C=O) groups excluding carboxylic acids is 2. The van der Waals surface area contributed by atoms with E-state index in [2.05, 4.69) is 15.1 Å². The van der Waals surface area contributed by atoms with Gasteiger partial charge in [-0.25, -0.2) is 4.98 Å². The van der Waals surface area contributed by atoms with Crippen molar-refractivity contribution in [1.82, 2.24) is 24.5 Å². The Morgan fingerprint density at radius 1 is 1.03 bits per heavy atom. The summed E-state index contributed by atoms with van der Waals surface area (Å²) in [6.45, 7) is 8.44. The maximum Gasteiger partial charge on any atom is 0.258 e. The summed E-state index contributed by atoms with van der Waals surface area (Å²) >= 11 is 1.43. The van der Waals surface area contributed by atoms with Crippen molar-refractivity contribution in [3.63, 3.8) is 0 Å². The zero-order valence-corrected chi connectivity index (χ0v) is 22.1. The van der Waals surface area contributed by atoms with Gasteiger partial charge in [0, 0.05) is 59.3 Å². The molecule has 11 heteroatoms. The van der Waals surface area contributed by atoms with Crippen molar-refractivity contribution in [3.8, 4) is 0 Å². The molecule has 0 unspecified atom stereocenters. The van der Waals surface area contributed by atoms with E-state index in [0.717, 1.165) is 29.1 Å². The number of pyridine rings is 2. The van der Waals surface area contributed by atoms with E-state index >= 15 is 0 Å². The summed E-state index contributed by atoms with van der Waals surface area (Å²) in [5.74, 6) is 0.468. The first-order valence-electron chi connectivity index (χ1n) is 13.0. The average molecular weight is 535 g/mol. The van der Waals surface area contributed by atoms with Crippen LogP contribution in [0.4, 0.5) is 5.82 Å². The number of carbonyl (C=O) groups is 2. The number of benzene rings is 1. The Kier molecular flexibility index (Phi) is 6.73. The van der Waals surface area contributed by atoms with Crippen molar-refractivity contribution in [2.24, 2.45) is 0 Å². The highest BCUT2D eigenvalue weighted by Crippen LogP contribution is 2.31. The third-order valence-electron chi connectivity index (χ3n) is 7.37. The SMILES string of the molecule is CC(=O)N1CCN(c2ccc3c(=O)c(C(=O)NCCN4CCOCC4)c4sc5ccccc5n4c3n2)CC1. The lowest BCUT2D eigenvalue weighted by Crippen LogP contribution is -2.48. The molecule has 38 heavy (non-hydrogen) atoms. The number of nitrogens with one attached hydrogen (secondary N) is 1. The van der Waals surface area contributed by atoms with Gasteiger partial charge in [-0.05, 0) is 24.3 Å². The number of piperazine rings is 1. The number of para-hydroxylation sites is 1. The summed E-state index contributed by atoms with van der Waals surface area (Å²) in [5, 5.41) is 3.39. The summed E-state index contributed by atoms with van der Waals surface area (Å²) in [5.41, 5.74) is 1.30. The Hall–Kier alpha value is -3.54. The highest BCUT2D eigenvalue weighted by Gasteiger charge is 2.25. The first-order chi connectivity index (χ1) is 18.5. The van der Waals surface area contributed by atoms with Gasteiger partial charge in [-0.2, -0.15) is 0 Å². The van der Waals surface area contributed by atoms with Gasteiger partial charge in [-0.1, -0.05) is 12.1 Å². The van der Waals surface area contributed by atoms with E-state index in [0.29, 0.717) is 68.3 Å². The van der Waals surface area contributed by atoms with Crippen molar-refractivity contribution >= 4 is 55.0 Å². The van der Waals surface area contributed by atoms with Gasteiger partial charge in [0.15, 0.2) is 5.65 Å². The highest BCUT2D eigenvalue weighted by molar-refractivity contribution is 7.24. The number of amides is 2. The van der Waals surface area contributed by atoms with E-state index < -0.39 is 0 Å². The van der Waals surface area contributed by atoms with E-state index in [1.54, 1.807) is 13.0 Å². The second-order valence-corrected chi connectivity index (χ2v) is 10.7. The molecule has 4 aromatic rings. The Labute approximate surface area is 223 Å². The molecule has 6 rings (SSSR count). The fraction of sp³-hybridized carbons (Fsp3) is 0.407. The number of anilines is 1. The molecule has 0 bridgehead atoms. The molecule has 3 aromatic heterocycles. The largest absolute Gasteiger partial charge is 0.379 e. The van der Waals surface area contributed by atoms with Crippen molar-refractivity contribution in [2.75, 3.05) is 70.5 Å². The Morgan fingerprint density at radius 2 is 1.79 bits per heavy atom. The Bertz CT molecular complexity index is 1580. The van der Waals surface area contributed by atoms with Crippen LogP contribution in [0.1, 0.15) is 17.3 Å². The van der Waals surface area contributed by atoms with Crippen molar-refractivity contribution < 1.29 is 14.3 Å². The maximum absolute atomic E-state index is 13.7. The molecule has 1 N–H and O–H groups in total. The maximum atomic E-state index is 13.7. The zero-order chi connectivity index (χ0) is 26.2. The number of nitrogens with zero attached hydrogens (tertiary/aromatic N) is 5. The molecule has 1 aromatic carbocycles. The fourth-order valence-electron chi connectivity index (χ4n) is 5.25. The number of rotatable bonds is 5. The number of ether oxygens (including phenoxy) is 1. The minimum atomic E-state index is -0.362. The van der Waals surface area contributed by atoms with Gasteiger partial charge in [-0.3, -0.25) is 23.7 Å². The first kappa shape index (κ1) is 24.8. The van der Waals surface area contributed by atoms with E-state index in [1.807, 2.05) is 39.6 Å². The molecule has 0 aliphatic carbocycles. The number of hydrogen-bond acceptors (Lipinski definition) is 8. The minimum absolute atomic E-state index is 0.0740. The standard InChI is InChI=1S/C27H30N6O4S/c1-18(34)31-10-12-32(13-11-31)22-7-6-19-24(35)23(26(36)28-8-9-30-14-16-37-17-15-30)27-33(25(19)29-22)20-4-2-3-5-21(20)38-27/h2-7H,8-17H2,1H3,(H,28,36). The van der Waals surface area contributed by atoms with Gasteiger partial charge >= 0.3 is 0 Å². The summed E-state index contributed by atoms with van der Waals surface area (Å²) in [6, 6.07) is 11.5. The lowest BCUT2D eigenvalue weighted by atomic mass is 10.1. The molecule has 2 fully saturated rings. The van der Waals surface area contributed by atoms with Crippen LogP contribution in [0, 0.1) is 0 Å². The lowest BCUT2D eigenvalue weighted by Gasteiger charge is -2.35. The summed E-state index contributed by atoms with van der Waals surface area (Å²) in [4.78, 5) is 50.7. The molecule has 198 valence electrons. The molecule has 0 saturated carbocycles. The quantitative estimate of drug-likeness (QED) is 0.417. The minimum Gasteiger partial charge on any atom is -0.379 e. The van der Waals surface area contributed by atoms with Crippen LogP contribution in [0.25, 0.3) is 26.1 Å². The Balaban J connectivity index is 1.39. The Morgan fingerprint density at radius 3 is 2.55 bits per heavy atom.